The van der Waals surface area contributed by atoms with E-state index in [1.807, 2.05) is 161 Å². The zero-order valence-corrected chi connectivity index (χ0v) is 48.5. The molecule has 0 aliphatic rings. The van der Waals surface area contributed by atoms with Crippen LogP contribution >= 0.6 is 46.4 Å². The van der Waals surface area contributed by atoms with Crippen molar-refractivity contribution in [3.8, 4) is 11.5 Å². The standard InChI is InChI=1S/C65H51Cl4N9O4/c1-35-28-40(66)12-26-55(35)77(4)65(79)52-31-38-9-23-49-51-33-43(69)11-25-54(51)71-60(49)58(38)62(64(52)81-7)75-73-45-16-20-47(21-17-45)76(3)46-18-14-44(15-19-46)72-74-61-57-37(8-22-48-50-32-42(68)10-24-53(50)70-59(48)57)30-39(63(61)80-6)34-82-78(5)56-27-13-41(67)29-36(56)2/h8-33,70-71H,34H2,1-7H3. The Morgan fingerprint density at radius 1 is 0.500 bits per heavy atom. The van der Waals surface area contributed by atoms with Crippen LogP contribution in [0.25, 0.3) is 65.2 Å². The average molecular weight is 1160 g/mol. The van der Waals surface area contributed by atoms with E-state index >= 15 is 0 Å². The van der Waals surface area contributed by atoms with E-state index in [1.165, 1.54) is 7.11 Å². The number of halogens is 4. The molecule has 0 aliphatic carbocycles. The van der Waals surface area contributed by atoms with Crippen molar-refractivity contribution in [3.05, 3.63) is 200 Å². The van der Waals surface area contributed by atoms with Crippen LogP contribution < -0.4 is 24.3 Å². The Morgan fingerprint density at radius 3 is 1.46 bits per heavy atom. The van der Waals surface area contributed by atoms with Gasteiger partial charge in [0.05, 0.1) is 47.9 Å². The minimum absolute atomic E-state index is 0.183. The Hall–Kier alpha value is -8.69. The molecule has 10 aromatic carbocycles. The second kappa shape index (κ2) is 22.0. The van der Waals surface area contributed by atoms with Gasteiger partial charge >= 0.3 is 0 Å². The normalized spacial score (nSPS) is 11.9. The van der Waals surface area contributed by atoms with Crippen molar-refractivity contribution >= 4 is 163 Å². The van der Waals surface area contributed by atoms with Gasteiger partial charge in [-0.25, -0.2) is 0 Å². The molecule has 13 nitrogen and oxygen atoms in total. The molecular formula is C65H51Cl4N9O4. The summed E-state index contributed by atoms with van der Waals surface area (Å²) in [4.78, 5) is 31.7. The maximum absolute atomic E-state index is 14.5. The topological polar surface area (TPSA) is 136 Å². The fraction of sp³-hybridized carbons (Fsp3) is 0.123. The number of hydrogen-bond donors (Lipinski definition) is 2. The third-order valence-electron chi connectivity index (χ3n) is 15.0. The summed E-state index contributed by atoms with van der Waals surface area (Å²) in [6.07, 6.45) is 0. The zero-order valence-electron chi connectivity index (χ0n) is 45.5. The summed E-state index contributed by atoms with van der Waals surface area (Å²) in [6.45, 7) is 4.09. The number of methoxy groups -OCH3 is 2. The summed E-state index contributed by atoms with van der Waals surface area (Å²) >= 11 is 25.6. The molecule has 17 heteroatoms. The number of hydroxylamine groups is 1. The second-order valence-corrected chi connectivity index (χ2v) is 21.8. The maximum atomic E-state index is 14.5. The number of hydrogen-bond acceptors (Lipinski definition) is 10. The summed E-state index contributed by atoms with van der Waals surface area (Å²) in [6, 6.07) is 50.3. The van der Waals surface area contributed by atoms with Crippen molar-refractivity contribution in [3.63, 3.8) is 0 Å². The Balaban J connectivity index is 0.849. The predicted molar refractivity (Wildman–Crippen MR) is 337 cm³/mol. The molecule has 2 N–H and O–H groups in total. The van der Waals surface area contributed by atoms with Gasteiger partial charge in [-0.15, -0.1) is 10.2 Å². The highest BCUT2D eigenvalue weighted by Gasteiger charge is 2.27. The number of carbonyl (C=O) groups is 1. The minimum atomic E-state index is -0.290. The quantitative estimate of drug-likeness (QED) is 0.0822. The van der Waals surface area contributed by atoms with Crippen LogP contribution in [0.2, 0.25) is 20.1 Å². The Bertz CT molecular complexity index is 4600. The maximum Gasteiger partial charge on any atom is 0.261 e. The first-order valence-corrected chi connectivity index (χ1v) is 27.6. The molecule has 0 aliphatic heterocycles. The molecule has 1 amide bonds. The van der Waals surface area contributed by atoms with E-state index in [2.05, 4.69) is 33.1 Å². The van der Waals surface area contributed by atoms with Gasteiger partial charge in [0.25, 0.3) is 5.91 Å². The molecule has 0 bridgehead atoms. The number of rotatable bonds is 14. The Morgan fingerprint density at radius 2 is 0.963 bits per heavy atom. The van der Waals surface area contributed by atoms with Crippen molar-refractivity contribution in [2.75, 3.05) is 50.2 Å². The number of nitrogens with one attached hydrogen (secondary N) is 2. The fourth-order valence-corrected chi connectivity index (χ4v) is 11.7. The van der Waals surface area contributed by atoms with Crippen molar-refractivity contribution in [1.29, 1.82) is 0 Å². The van der Waals surface area contributed by atoms with Crippen LogP contribution in [-0.2, 0) is 11.4 Å². The van der Waals surface area contributed by atoms with Crippen LogP contribution in [-0.4, -0.2) is 51.2 Å². The molecule has 82 heavy (non-hydrogen) atoms. The third kappa shape index (κ3) is 9.94. The average Bonchev–Trinajstić information content (AvgIpc) is 2.92. The molecule has 2 aromatic heterocycles. The Labute approximate surface area is 491 Å². The van der Waals surface area contributed by atoms with Gasteiger partial charge in [-0.3, -0.25) is 14.7 Å². The summed E-state index contributed by atoms with van der Waals surface area (Å²) in [5.74, 6) is 0.518. The molecule has 0 fully saturated rings. The minimum Gasteiger partial charge on any atom is -0.494 e. The number of nitrogens with zero attached hydrogens (tertiary/aromatic N) is 7. The first-order valence-electron chi connectivity index (χ1n) is 26.1. The van der Waals surface area contributed by atoms with Gasteiger partial charge in [-0.05, 0) is 169 Å². The number of aromatic amines is 2. The summed E-state index contributed by atoms with van der Waals surface area (Å²) in [5.41, 5.74) is 12.0. The lowest BCUT2D eigenvalue weighted by molar-refractivity contribution is 0.0990. The first kappa shape index (κ1) is 53.9. The molecule has 0 atom stereocenters. The molecular weight excluding hydrogens is 1110 g/mol. The summed E-state index contributed by atoms with van der Waals surface area (Å²) in [7, 11) is 8.75. The van der Waals surface area contributed by atoms with E-state index < -0.39 is 0 Å². The lowest BCUT2D eigenvalue weighted by Gasteiger charge is -2.22. The molecule has 0 unspecified atom stereocenters. The van der Waals surface area contributed by atoms with Gasteiger partial charge in [0.2, 0.25) is 0 Å². The second-order valence-electron chi connectivity index (χ2n) is 20.0. The molecule has 12 aromatic rings. The summed E-state index contributed by atoms with van der Waals surface area (Å²) in [5, 5.41) is 30.8. The van der Waals surface area contributed by atoms with Crippen molar-refractivity contribution in [1.82, 2.24) is 9.97 Å². The number of amides is 1. The number of aryl methyl sites for hydroxylation is 2. The van der Waals surface area contributed by atoms with Crippen LogP contribution in [0.1, 0.15) is 27.0 Å². The lowest BCUT2D eigenvalue weighted by Crippen LogP contribution is -2.27. The number of ether oxygens (including phenoxy) is 2. The van der Waals surface area contributed by atoms with Gasteiger partial charge < -0.3 is 29.2 Å². The molecule has 0 saturated carbocycles. The van der Waals surface area contributed by atoms with Crippen molar-refractivity contribution in [2.24, 2.45) is 20.5 Å². The number of fused-ring (bicyclic) bond motifs is 10. The van der Waals surface area contributed by atoms with Gasteiger partial charge in [0.15, 0.2) is 11.5 Å². The van der Waals surface area contributed by atoms with E-state index in [4.69, 9.17) is 81.2 Å². The highest BCUT2D eigenvalue weighted by atomic mass is 35.5. The van der Waals surface area contributed by atoms with Gasteiger partial charge in [0, 0.05) is 107 Å². The van der Waals surface area contributed by atoms with E-state index in [0.717, 1.165) is 98.9 Å². The van der Waals surface area contributed by atoms with E-state index in [-0.39, 0.29) is 18.3 Å². The van der Waals surface area contributed by atoms with Crippen LogP contribution in [0, 0.1) is 13.8 Å². The van der Waals surface area contributed by atoms with Gasteiger partial charge in [-0.2, -0.15) is 10.2 Å². The van der Waals surface area contributed by atoms with Crippen LogP contribution in [0.4, 0.5) is 45.5 Å². The molecule has 0 radical (unpaired) electrons. The predicted octanol–water partition coefficient (Wildman–Crippen LogP) is 20.0. The molecule has 12 rings (SSSR count). The fourth-order valence-electron chi connectivity index (χ4n) is 10.9. The number of aromatic nitrogens is 2. The highest BCUT2D eigenvalue weighted by molar-refractivity contribution is 6.33. The monoisotopic (exact) mass is 1160 g/mol. The smallest absolute Gasteiger partial charge is 0.261 e. The molecule has 0 saturated heterocycles. The van der Waals surface area contributed by atoms with Gasteiger partial charge in [0.1, 0.15) is 18.0 Å². The molecule has 408 valence electrons. The third-order valence-corrected chi connectivity index (χ3v) is 15.9. The number of H-pyrrole nitrogens is 2. The van der Waals surface area contributed by atoms with Crippen LogP contribution in [0.3, 0.4) is 0 Å². The van der Waals surface area contributed by atoms with Crippen LogP contribution in [0.5, 0.6) is 11.5 Å². The lowest BCUT2D eigenvalue weighted by atomic mass is 9.99. The Kier molecular flexibility index (Phi) is 14.5. The van der Waals surface area contributed by atoms with E-state index in [1.54, 1.807) is 30.2 Å². The highest BCUT2D eigenvalue weighted by Crippen LogP contribution is 2.48. The zero-order chi connectivity index (χ0) is 57.1. The van der Waals surface area contributed by atoms with Gasteiger partial charge in [-0.1, -0.05) is 70.7 Å². The molecule has 2 heterocycles. The van der Waals surface area contributed by atoms with Crippen LogP contribution in [0.15, 0.2) is 178 Å². The van der Waals surface area contributed by atoms with E-state index in [0.29, 0.717) is 59.8 Å². The van der Waals surface area contributed by atoms with Crippen molar-refractivity contribution in [2.45, 2.75) is 20.5 Å². The summed E-state index contributed by atoms with van der Waals surface area (Å²) < 4.78 is 12.3. The SMILES string of the molecule is COc1c(CON(C)c2ccc(Cl)cc2C)cc2ccc3c4cc(Cl)ccc4[nH]c3c2c1N=Nc1ccc(N(C)c2ccc(N=Nc3c(OC)c(C(=O)N(C)c4ccc(Cl)cc4C)cc4ccc5c6cc(Cl)ccc6[nH]c5c34)cc2)cc1. The number of benzene rings is 10. The molecule has 0 spiro atoms. The van der Waals surface area contributed by atoms with Crippen molar-refractivity contribution < 1.29 is 19.1 Å². The largest absolute Gasteiger partial charge is 0.494 e. The number of anilines is 4. The number of carbonyl (C=O) groups excluding carboxylic acids is 1. The number of azo groups is 2. The first-order chi connectivity index (χ1) is 39.7. The van der Waals surface area contributed by atoms with E-state index in [9.17, 15) is 4.79 Å².